The number of fused-ring (bicyclic) bond motifs is 1. The molecule has 0 aliphatic carbocycles. The normalized spacial score (nSPS) is 12.1. The second-order valence-corrected chi connectivity index (χ2v) is 7.67. The van der Waals surface area contributed by atoms with E-state index in [-0.39, 0.29) is 5.91 Å². The first-order chi connectivity index (χ1) is 14.5. The van der Waals surface area contributed by atoms with Crippen LogP contribution in [-0.4, -0.2) is 15.5 Å². The quantitative estimate of drug-likeness (QED) is 0.497. The van der Waals surface area contributed by atoms with Crippen LogP contribution in [0.5, 0.6) is 0 Å². The van der Waals surface area contributed by atoms with Crippen LogP contribution < -0.4 is 10.6 Å². The van der Waals surface area contributed by atoms with E-state index in [0.29, 0.717) is 6.54 Å². The van der Waals surface area contributed by atoms with Crippen molar-refractivity contribution in [3.63, 3.8) is 0 Å². The van der Waals surface area contributed by atoms with Crippen LogP contribution >= 0.6 is 0 Å². The van der Waals surface area contributed by atoms with E-state index in [2.05, 4.69) is 21.3 Å². The lowest BCUT2D eigenvalue weighted by Crippen LogP contribution is -2.33. The average Bonchev–Trinajstić information content (AvgIpc) is 3.04. The minimum absolute atomic E-state index is 0.0926. The van der Waals surface area contributed by atoms with Gasteiger partial charge in [-0.2, -0.15) is 0 Å². The standard InChI is InChI=1S/C25H26N4O/c1-17-13-18(2)15-20(14-17)27-25(30)24(19-9-5-4-6-10-19)26-16-23-28-21-11-7-8-12-22(21)29(23)3/h4-15,24,26H,16H2,1-3H3,(H,27,30)/t24-/m0/s1. The third-order valence-corrected chi connectivity index (χ3v) is 5.23. The van der Waals surface area contributed by atoms with Crippen molar-refractivity contribution in [3.8, 4) is 0 Å². The van der Waals surface area contributed by atoms with E-state index in [1.807, 2.05) is 87.6 Å². The highest BCUT2D eigenvalue weighted by Gasteiger charge is 2.21. The molecule has 0 fully saturated rings. The summed E-state index contributed by atoms with van der Waals surface area (Å²) in [5, 5.41) is 6.48. The zero-order valence-electron chi connectivity index (χ0n) is 17.5. The lowest BCUT2D eigenvalue weighted by molar-refractivity contribution is -0.118. The molecule has 152 valence electrons. The number of rotatable bonds is 6. The van der Waals surface area contributed by atoms with E-state index >= 15 is 0 Å². The largest absolute Gasteiger partial charge is 0.330 e. The molecule has 5 heteroatoms. The Morgan fingerprint density at radius 2 is 1.63 bits per heavy atom. The molecule has 1 heterocycles. The van der Waals surface area contributed by atoms with Gasteiger partial charge < -0.3 is 9.88 Å². The molecule has 30 heavy (non-hydrogen) atoms. The Labute approximate surface area is 176 Å². The highest BCUT2D eigenvalue weighted by atomic mass is 16.2. The minimum atomic E-state index is -0.494. The predicted molar refractivity (Wildman–Crippen MR) is 121 cm³/mol. The molecular formula is C25H26N4O. The van der Waals surface area contributed by atoms with Crippen molar-refractivity contribution < 1.29 is 4.79 Å². The monoisotopic (exact) mass is 398 g/mol. The lowest BCUT2D eigenvalue weighted by Gasteiger charge is -2.19. The molecule has 0 saturated heterocycles. The van der Waals surface area contributed by atoms with Gasteiger partial charge in [0.2, 0.25) is 5.91 Å². The summed E-state index contributed by atoms with van der Waals surface area (Å²) in [6, 6.07) is 23.4. The molecule has 0 spiro atoms. The summed E-state index contributed by atoms with van der Waals surface area (Å²) < 4.78 is 2.06. The van der Waals surface area contributed by atoms with Gasteiger partial charge in [-0.1, -0.05) is 48.5 Å². The van der Waals surface area contributed by atoms with Crippen molar-refractivity contribution in [3.05, 3.63) is 95.3 Å². The molecule has 0 aliphatic heterocycles. The SMILES string of the molecule is Cc1cc(C)cc(NC(=O)[C@@H](NCc2nc3ccccc3n2C)c2ccccc2)c1. The summed E-state index contributed by atoms with van der Waals surface area (Å²) in [4.78, 5) is 17.9. The van der Waals surface area contributed by atoms with Crippen molar-refractivity contribution in [2.24, 2.45) is 7.05 Å². The number of imidazole rings is 1. The van der Waals surface area contributed by atoms with Gasteiger partial charge >= 0.3 is 0 Å². The number of anilines is 1. The van der Waals surface area contributed by atoms with Crippen molar-refractivity contribution in [1.82, 2.24) is 14.9 Å². The van der Waals surface area contributed by atoms with Gasteiger partial charge in [-0.3, -0.25) is 10.1 Å². The molecule has 3 aromatic carbocycles. The van der Waals surface area contributed by atoms with Crippen LogP contribution in [0.1, 0.15) is 28.6 Å². The van der Waals surface area contributed by atoms with Crippen LogP contribution in [-0.2, 0) is 18.4 Å². The Morgan fingerprint density at radius 1 is 0.967 bits per heavy atom. The van der Waals surface area contributed by atoms with Crippen LogP contribution in [0.15, 0.2) is 72.8 Å². The third kappa shape index (κ3) is 4.26. The maximum absolute atomic E-state index is 13.2. The Kier molecular flexibility index (Phi) is 5.63. The number of carbonyl (C=O) groups excluding carboxylic acids is 1. The number of aryl methyl sites for hydroxylation is 3. The highest BCUT2D eigenvalue weighted by Crippen LogP contribution is 2.20. The molecule has 0 unspecified atom stereocenters. The fraction of sp³-hybridized carbons (Fsp3) is 0.200. The molecular weight excluding hydrogens is 372 g/mol. The molecule has 5 nitrogen and oxygen atoms in total. The Hall–Kier alpha value is -3.44. The summed E-state index contributed by atoms with van der Waals surface area (Å²) >= 11 is 0. The fourth-order valence-corrected chi connectivity index (χ4v) is 3.82. The zero-order chi connectivity index (χ0) is 21.1. The van der Waals surface area contributed by atoms with Crippen molar-refractivity contribution in [2.45, 2.75) is 26.4 Å². The van der Waals surface area contributed by atoms with Crippen LogP contribution in [0.3, 0.4) is 0 Å². The molecule has 2 N–H and O–H groups in total. The molecule has 0 bridgehead atoms. The van der Waals surface area contributed by atoms with E-state index in [1.54, 1.807) is 0 Å². The summed E-state index contributed by atoms with van der Waals surface area (Å²) in [5.41, 5.74) is 5.99. The van der Waals surface area contributed by atoms with Gasteiger partial charge in [0, 0.05) is 12.7 Å². The fourth-order valence-electron chi connectivity index (χ4n) is 3.82. The first kappa shape index (κ1) is 19.9. The van der Waals surface area contributed by atoms with Crippen molar-refractivity contribution >= 4 is 22.6 Å². The first-order valence-electron chi connectivity index (χ1n) is 10.1. The number of aromatic nitrogens is 2. The van der Waals surface area contributed by atoms with Crippen LogP contribution in [0, 0.1) is 13.8 Å². The number of nitrogens with zero attached hydrogens (tertiary/aromatic N) is 2. The summed E-state index contributed by atoms with van der Waals surface area (Å²) in [5.74, 6) is 0.793. The molecule has 0 aliphatic rings. The molecule has 0 radical (unpaired) electrons. The van der Waals surface area contributed by atoms with Crippen molar-refractivity contribution in [2.75, 3.05) is 5.32 Å². The lowest BCUT2D eigenvalue weighted by atomic mass is 10.1. The smallest absolute Gasteiger partial charge is 0.246 e. The van der Waals surface area contributed by atoms with Gasteiger partial charge in [0.1, 0.15) is 11.9 Å². The Morgan fingerprint density at radius 3 is 2.33 bits per heavy atom. The molecule has 1 aromatic heterocycles. The van der Waals surface area contributed by atoms with Gasteiger partial charge in [-0.15, -0.1) is 0 Å². The minimum Gasteiger partial charge on any atom is -0.330 e. The summed E-state index contributed by atoms with van der Waals surface area (Å²) in [6.07, 6.45) is 0. The van der Waals surface area contributed by atoms with Crippen LogP contribution in [0.25, 0.3) is 11.0 Å². The maximum atomic E-state index is 13.2. The molecule has 1 amide bonds. The molecule has 1 atom stereocenters. The summed E-state index contributed by atoms with van der Waals surface area (Å²) in [7, 11) is 2.00. The third-order valence-electron chi connectivity index (χ3n) is 5.23. The maximum Gasteiger partial charge on any atom is 0.246 e. The van der Waals surface area contributed by atoms with E-state index in [4.69, 9.17) is 4.98 Å². The van der Waals surface area contributed by atoms with Crippen LogP contribution in [0.4, 0.5) is 5.69 Å². The highest BCUT2D eigenvalue weighted by molar-refractivity contribution is 5.95. The number of hydrogen-bond donors (Lipinski definition) is 2. The van der Waals surface area contributed by atoms with Gasteiger partial charge in [-0.05, 0) is 54.8 Å². The second-order valence-electron chi connectivity index (χ2n) is 7.67. The number of carbonyl (C=O) groups is 1. The Balaban J connectivity index is 1.58. The van der Waals surface area contributed by atoms with Gasteiger partial charge in [0.05, 0.1) is 17.6 Å². The van der Waals surface area contributed by atoms with Gasteiger partial charge in [0.25, 0.3) is 0 Å². The zero-order valence-corrected chi connectivity index (χ0v) is 17.5. The van der Waals surface area contributed by atoms with Gasteiger partial charge in [-0.25, -0.2) is 4.98 Å². The van der Waals surface area contributed by atoms with E-state index < -0.39 is 6.04 Å². The van der Waals surface area contributed by atoms with Crippen LogP contribution in [0.2, 0.25) is 0 Å². The molecule has 0 saturated carbocycles. The van der Waals surface area contributed by atoms with E-state index in [0.717, 1.165) is 39.2 Å². The first-order valence-corrected chi connectivity index (χ1v) is 10.1. The summed E-state index contributed by atoms with van der Waals surface area (Å²) in [6.45, 7) is 4.54. The van der Waals surface area contributed by atoms with E-state index in [1.165, 1.54) is 0 Å². The molecule has 4 aromatic rings. The topological polar surface area (TPSA) is 59.0 Å². The number of benzene rings is 3. The number of hydrogen-bond acceptors (Lipinski definition) is 3. The average molecular weight is 399 g/mol. The Bertz CT molecular complexity index is 1160. The van der Waals surface area contributed by atoms with Gasteiger partial charge in [0.15, 0.2) is 0 Å². The second kappa shape index (κ2) is 8.51. The predicted octanol–water partition coefficient (Wildman–Crippen LogP) is 4.66. The number of nitrogens with one attached hydrogen (secondary N) is 2. The molecule has 4 rings (SSSR count). The van der Waals surface area contributed by atoms with Crippen molar-refractivity contribution in [1.29, 1.82) is 0 Å². The van der Waals surface area contributed by atoms with E-state index in [9.17, 15) is 4.79 Å². The number of amides is 1. The number of para-hydroxylation sites is 2.